The van der Waals surface area contributed by atoms with Gasteiger partial charge in [-0.1, -0.05) is 0 Å². The molecular formula is C26H26F6N4O12. The van der Waals surface area contributed by atoms with Crippen molar-refractivity contribution < 1.29 is 84.7 Å². The molecule has 1 aliphatic heterocycles. The number of ether oxygens (including phenoxy) is 1. The number of benzene rings is 1. The minimum atomic E-state index is -5.08. The first-order chi connectivity index (χ1) is 22.0. The Morgan fingerprint density at radius 2 is 1.46 bits per heavy atom. The Bertz CT molecular complexity index is 1470. The van der Waals surface area contributed by atoms with E-state index in [0.717, 1.165) is 0 Å². The lowest BCUT2D eigenvalue weighted by Crippen LogP contribution is -2.49. The second kappa shape index (κ2) is 17.3. The van der Waals surface area contributed by atoms with Crippen LogP contribution in [0.5, 0.6) is 5.75 Å². The van der Waals surface area contributed by atoms with E-state index in [-0.39, 0.29) is 23.9 Å². The molecule has 2 atom stereocenters. The van der Waals surface area contributed by atoms with Gasteiger partial charge in [-0.25, -0.2) is 19.2 Å². The van der Waals surface area contributed by atoms with E-state index in [1.54, 1.807) is 23.1 Å². The van der Waals surface area contributed by atoms with E-state index in [2.05, 4.69) is 5.32 Å². The van der Waals surface area contributed by atoms with E-state index < -0.39 is 66.6 Å². The molecule has 0 saturated carbocycles. The van der Waals surface area contributed by atoms with Crippen molar-refractivity contribution in [1.82, 2.24) is 10.2 Å². The third-order valence-electron chi connectivity index (χ3n) is 5.74. The van der Waals surface area contributed by atoms with E-state index in [0.29, 0.717) is 30.7 Å². The van der Waals surface area contributed by atoms with Crippen LogP contribution in [0.3, 0.4) is 0 Å². The summed E-state index contributed by atoms with van der Waals surface area (Å²) in [5.74, 6) is -9.08. The molecule has 264 valence electrons. The molecule has 1 aromatic carbocycles. The molecule has 2 aromatic rings. The first kappa shape index (κ1) is 40.4. The van der Waals surface area contributed by atoms with Crippen LogP contribution in [0.4, 0.5) is 26.3 Å². The van der Waals surface area contributed by atoms with Crippen molar-refractivity contribution in [3.8, 4) is 5.75 Å². The van der Waals surface area contributed by atoms with E-state index in [1.165, 1.54) is 18.2 Å². The summed E-state index contributed by atoms with van der Waals surface area (Å²) in [4.78, 5) is 66.6. The molecule has 1 aliphatic rings. The van der Waals surface area contributed by atoms with Gasteiger partial charge in [-0.3, -0.25) is 19.9 Å². The van der Waals surface area contributed by atoms with Gasteiger partial charge < -0.3 is 40.6 Å². The fraction of sp³-hybridized carbons (Fsp3) is 0.346. The van der Waals surface area contributed by atoms with Crippen molar-refractivity contribution in [2.45, 2.75) is 50.2 Å². The number of nitrogens with zero attached hydrogens (tertiary/aromatic N) is 1. The number of alkyl halides is 6. The van der Waals surface area contributed by atoms with Crippen molar-refractivity contribution in [2.24, 2.45) is 5.73 Å². The highest BCUT2D eigenvalue weighted by Gasteiger charge is 2.39. The van der Waals surface area contributed by atoms with Crippen LogP contribution in [-0.2, 0) is 30.5 Å². The number of carboxylic acid groups (broad SMARTS) is 4. The molecule has 1 amide bonds. The Hall–Kier alpha value is -5.67. The van der Waals surface area contributed by atoms with Crippen LogP contribution in [-0.4, -0.2) is 97.9 Å². The first-order valence-electron chi connectivity index (χ1n) is 12.9. The number of nitrogens with one attached hydrogen (secondary N) is 2. The number of furan rings is 1. The molecule has 16 nitrogen and oxygen atoms in total. The fourth-order valence-electron chi connectivity index (χ4n) is 3.59. The Morgan fingerprint density at radius 1 is 0.938 bits per heavy atom. The number of aliphatic carboxylic acids is 4. The van der Waals surface area contributed by atoms with E-state index >= 15 is 0 Å². The predicted octanol–water partition coefficient (Wildman–Crippen LogP) is 2.06. The van der Waals surface area contributed by atoms with Crippen LogP contribution in [0.1, 0.15) is 41.1 Å². The second-order valence-electron chi connectivity index (χ2n) is 9.33. The minimum Gasteiger partial charge on any atom is -0.481 e. The standard InChI is InChI=1S/C22H24N4O8.2C2HF3O2/c23-19(24)12-3-5-13(6-4-12)34-22(32)17-8-7-14(33-17)11-26-9-1-2-16(26)20(29)25-15(21(30)31)10-18(27)28;2*3-2(4,5)1(6)7/h3-8,15-16H,1-2,9-11H2,(H3,23,24)(H,25,29)(H,27,28)(H,30,31);2*(H,6,7)/t15?,16-;;/m0../s1. The number of halogens is 6. The lowest BCUT2D eigenvalue weighted by molar-refractivity contribution is -0.193. The topological polar surface area (TPSA) is 271 Å². The molecule has 3 rings (SSSR count). The monoisotopic (exact) mass is 700 g/mol. The van der Waals surface area contributed by atoms with Crippen LogP contribution < -0.4 is 15.8 Å². The van der Waals surface area contributed by atoms with Crippen molar-refractivity contribution in [3.05, 3.63) is 53.5 Å². The van der Waals surface area contributed by atoms with E-state index in [1.807, 2.05) is 0 Å². The lowest BCUT2D eigenvalue weighted by Gasteiger charge is -2.24. The molecular weight excluding hydrogens is 674 g/mol. The minimum absolute atomic E-state index is 0.0433. The molecule has 2 heterocycles. The maximum atomic E-state index is 12.6. The molecule has 22 heteroatoms. The Kier molecular flexibility index (Phi) is 14.5. The number of nitrogens with two attached hydrogens (primary N) is 1. The van der Waals surface area contributed by atoms with Gasteiger partial charge in [0.15, 0.2) is 0 Å². The summed E-state index contributed by atoms with van der Waals surface area (Å²) in [6.45, 7) is 0.729. The Morgan fingerprint density at radius 3 is 1.90 bits per heavy atom. The number of esters is 1. The van der Waals surface area contributed by atoms with E-state index in [4.69, 9.17) is 50.3 Å². The van der Waals surface area contributed by atoms with Gasteiger partial charge in [0.2, 0.25) is 11.7 Å². The number of rotatable bonds is 10. The number of carboxylic acids is 4. The lowest BCUT2D eigenvalue weighted by atomic mass is 10.1. The zero-order valence-corrected chi connectivity index (χ0v) is 24.0. The van der Waals surface area contributed by atoms with Gasteiger partial charge >= 0.3 is 42.2 Å². The zero-order chi connectivity index (χ0) is 37.0. The van der Waals surface area contributed by atoms with Crippen LogP contribution in [0, 0.1) is 5.41 Å². The van der Waals surface area contributed by atoms with Gasteiger partial charge in [-0.05, 0) is 55.8 Å². The molecule has 1 saturated heterocycles. The molecule has 0 aliphatic carbocycles. The number of carbonyl (C=O) groups excluding carboxylic acids is 2. The number of nitrogen functional groups attached to an aromatic ring is 1. The summed E-state index contributed by atoms with van der Waals surface area (Å²) < 4.78 is 74.3. The maximum Gasteiger partial charge on any atom is 0.490 e. The third kappa shape index (κ3) is 13.8. The molecule has 0 radical (unpaired) electrons. The van der Waals surface area contributed by atoms with Gasteiger partial charge in [-0.15, -0.1) is 0 Å². The number of hydrogen-bond acceptors (Lipinski definition) is 10. The summed E-state index contributed by atoms with van der Waals surface area (Å²) in [5, 5.41) is 41.9. The summed E-state index contributed by atoms with van der Waals surface area (Å²) in [7, 11) is 0. The smallest absolute Gasteiger partial charge is 0.481 e. The fourth-order valence-corrected chi connectivity index (χ4v) is 3.59. The van der Waals surface area contributed by atoms with Crippen LogP contribution >= 0.6 is 0 Å². The number of amides is 1. The Labute approximate surface area is 264 Å². The number of hydrogen-bond donors (Lipinski definition) is 7. The Balaban J connectivity index is 0.000000687. The van der Waals surface area contributed by atoms with Crippen molar-refractivity contribution >= 4 is 41.6 Å². The molecule has 1 aromatic heterocycles. The summed E-state index contributed by atoms with van der Waals surface area (Å²) in [6, 6.07) is 6.93. The quantitative estimate of drug-likeness (QED) is 0.0615. The van der Waals surface area contributed by atoms with Gasteiger partial charge in [0.1, 0.15) is 23.4 Å². The largest absolute Gasteiger partial charge is 0.490 e. The van der Waals surface area contributed by atoms with Crippen molar-refractivity contribution in [3.63, 3.8) is 0 Å². The highest BCUT2D eigenvalue weighted by atomic mass is 19.4. The SMILES string of the molecule is N=C(N)c1ccc(OC(=O)c2ccc(CN3CCC[C@H]3C(=O)NC(CC(=O)O)C(=O)O)o2)cc1.O=C(O)C(F)(F)F.O=C(O)C(F)(F)F. The molecule has 1 fully saturated rings. The average molecular weight is 700 g/mol. The zero-order valence-electron chi connectivity index (χ0n) is 24.0. The van der Waals surface area contributed by atoms with Gasteiger partial charge in [0.05, 0.1) is 19.0 Å². The third-order valence-corrected chi connectivity index (χ3v) is 5.74. The summed E-state index contributed by atoms with van der Waals surface area (Å²) in [5.41, 5.74) is 5.88. The van der Waals surface area contributed by atoms with Gasteiger partial charge in [0.25, 0.3) is 0 Å². The van der Waals surface area contributed by atoms with Crippen molar-refractivity contribution in [2.75, 3.05) is 6.54 Å². The van der Waals surface area contributed by atoms with Crippen molar-refractivity contribution in [1.29, 1.82) is 5.41 Å². The van der Waals surface area contributed by atoms with Crippen LogP contribution in [0.2, 0.25) is 0 Å². The maximum absolute atomic E-state index is 12.6. The molecule has 48 heavy (non-hydrogen) atoms. The summed E-state index contributed by atoms with van der Waals surface area (Å²) >= 11 is 0. The molecule has 8 N–H and O–H groups in total. The average Bonchev–Trinajstić information content (AvgIpc) is 3.62. The summed E-state index contributed by atoms with van der Waals surface area (Å²) in [6.07, 6.45) is -9.74. The number of amidine groups is 1. The van der Waals surface area contributed by atoms with Gasteiger partial charge in [0, 0.05) is 5.56 Å². The van der Waals surface area contributed by atoms with Crippen LogP contribution in [0.25, 0.3) is 0 Å². The molecule has 1 unspecified atom stereocenters. The number of likely N-dealkylation sites (tertiary alicyclic amines) is 1. The predicted molar refractivity (Wildman–Crippen MR) is 144 cm³/mol. The van der Waals surface area contributed by atoms with E-state index in [9.17, 15) is 45.5 Å². The number of carbonyl (C=O) groups is 6. The molecule has 0 spiro atoms. The van der Waals surface area contributed by atoms with Gasteiger partial charge in [-0.2, -0.15) is 26.3 Å². The highest BCUT2D eigenvalue weighted by molar-refractivity contribution is 5.95. The first-order valence-corrected chi connectivity index (χ1v) is 12.9. The molecule has 0 bridgehead atoms. The second-order valence-corrected chi connectivity index (χ2v) is 9.33. The van der Waals surface area contributed by atoms with Crippen LogP contribution in [0.15, 0.2) is 40.8 Å². The normalized spacial score (nSPS) is 15.0. The highest BCUT2D eigenvalue weighted by Crippen LogP contribution is 2.23.